The van der Waals surface area contributed by atoms with Crippen molar-refractivity contribution < 1.29 is 0 Å². The lowest BCUT2D eigenvalue weighted by molar-refractivity contribution is 1.15. The van der Waals surface area contributed by atoms with E-state index in [1.165, 1.54) is 0 Å². The number of hydrogen-bond acceptors (Lipinski definition) is 2. The number of imidazole rings is 1. The van der Waals surface area contributed by atoms with Crippen LogP contribution in [0.1, 0.15) is 16.1 Å². The summed E-state index contributed by atoms with van der Waals surface area (Å²) >= 11 is 7.63. The average Bonchev–Trinajstić information content (AvgIpc) is 3.23. The number of benzene rings is 1. The third-order valence-corrected chi connectivity index (χ3v) is 4.84. The van der Waals surface area contributed by atoms with Crippen LogP contribution >= 0.6 is 22.9 Å². The molecule has 4 rings (SSSR count). The predicted molar refractivity (Wildman–Crippen MR) is 101 cm³/mol. The lowest BCUT2D eigenvalue weighted by Crippen LogP contribution is -1.93. The molecule has 0 aliphatic carbocycles. The molecule has 0 saturated heterocycles. The van der Waals surface area contributed by atoms with Crippen LogP contribution in [0.5, 0.6) is 0 Å². The van der Waals surface area contributed by atoms with Gasteiger partial charge in [0.25, 0.3) is 0 Å². The Hall–Kier alpha value is -2.54. The average molecular weight is 349 g/mol. The first-order chi connectivity index (χ1) is 11.7. The van der Waals surface area contributed by atoms with Gasteiger partial charge in [0.15, 0.2) is 0 Å². The first-order valence-corrected chi connectivity index (χ1v) is 8.76. The Kier molecular flexibility index (Phi) is 3.86. The van der Waals surface area contributed by atoms with Gasteiger partial charge in [0, 0.05) is 11.2 Å². The van der Waals surface area contributed by atoms with E-state index in [0.29, 0.717) is 0 Å². The minimum atomic E-state index is 0.738. The van der Waals surface area contributed by atoms with Gasteiger partial charge in [-0.15, -0.1) is 11.3 Å². The van der Waals surface area contributed by atoms with E-state index in [1.807, 2.05) is 48.0 Å². The number of hydrogen-bond donors (Lipinski definition) is 0. The molecule has 0 bridgehead atoms. The summed E-state index contributed by atoms with van der Waals surface area (Å²) in [6.45, 7) is 2.07. The van der Waals surface area contributed by atoms with E-state index >= 15 is 0 Å². The van der Waals surface area contributed by atoms with E-state index in [1.54, 1.807) is 11.3 Å². The summed E-state index contributed by atoms with van der Waals surface area (Å²) in [5, 5.41) is 2.77. The number of aryl methyl sites for hydroxylation is 1. The molecule has 0 atom stereocenters. The number of aromatic nitrogens is 2. The van der Waals surface area contributed by atoms with E-state index in [4.69, 9.17) is 11.6 Å². The van der Waals surface area contributed by atoms with Crippen LogP contribution < -0.4 is 0 Å². The largest absolute Gasteiger partial charge is 0.292 e. The molecule has 4 aromatic rings. The number of fused-ring (bicyclic) bond motifs is 1. The molecular formula is C20H13ClN2S. The van der Waals surface area contributed by atoms with E-state index in [9.17, 15) is 0 Å². The maximum absolute atomic E-state index is 5.99. The Bertz CT molecular complexity index is 1060. The van der Waals surface area contributed by atoms with Crippen molar-refractivity contribution in [2.45, 2.75) is 6.92 Å². The van der Waals surface area contributed by atoms with E-state index in [-0.39, 0.29) is 0 Å². The third kappa shape index (κ3) is 2.82. The molecule has 1 aromatic carbocycles. The molecule has 0 unspecified atom stereocenters. The zero-order valence-corrected chi connectivity index (χ0v) is 14.5. The van der Waals surface area contributed by atoms with Crippen molar-refractivity contribution in [1.29, 1.82) is 0 Å². The van der Waals surface area contributed by atoms with Gasteiger partial charge in [0.2, 0.25) is 0 Å². The maximum atomic E-state index is 5.99. The van der Waals surface area contributed by atoms with Crippen molar-refractivity contribution in [1.82, 2.24) is 9.38 Å². The lowest BCUT2D eigenvalue weighted by Gasteiger charge is -2.06. The van der Waals surface area contributed by atoms with Crippen molar-refractivity contribution in [2.24, 2.45) is 0 Å². The van der Waals surface area contributed by atoms with E-state index in [0.717, 1.165) is 37.9 Å². The Morgan fingerprint density at radius 1 is 1.08 bits per heavy atom. The van der Waals surface area contributed by atoms with Crippen molar-refractivity contribution in [2.75, 3.05) is 0 Å². The first kappa shape index (κ1) is 15.0. The molecule has 0 fully saturated rings. The third-order valence-electron chi connectivity index (χ3n) is 3.80. The molecule has 3 aromatic heterocycles. The summed E-state index contributed by atoms with van der Waals surface area (Å²) in [6, 6.07) is 14.0. The predicted octanol–water partition coefficient (Wildman–Crippen LogP) is 5.42. The van der Waals surface area contributed by atoms with Crippen LogP contribution in [0.3, 0.4) is 0 Å². The minimum absolute atomic E-state index is 0.738. The molecule has 0 amide bonds. The SMILES string of the molecule is Cc1cc(-c2ccc(Cl)cc2)cn2c(C#Cc3cccs3)cnc12. The fourth-order valence-electron chi connectivity index (χ4n) is 2.63. The second kappa shape index (κ2) is 6.16. The zero-order valence-electron chi connectivity index (χ0n) is 13.0. The zero-order chi connectivity index (χ0) is 16.5. The van der Waals surface area contributed by atoms with Crippen LogP contribution in [0.2, 0.25) is 5.02 Å². The summed E-state index contributed by atoms with van der Waals surface area (Å²) < 4.78 is 2.06. The highest BCUT2D eigenvalue weighted by Crippen LogP contribution is 2.24. The summed E-state index contributed by atoms with van der Waals surface area (Å²) in [5.41, 5.74) is 5.18. The van der Waals surface area contributed by atoms with Crippen LogP contribution in [0.25, 0.3) is 16.8 Å². The summed E-state index contributed by atoms with van der Waals surface area (Å²) in [7, 11) is 0. The normalized spacial score (nSPS) is 10.6. The molecule has 0 aliphatic rings. The standard InChI is InChI=1S/C20H13ClN2S/c1-14-11-16(15-4-6-17(21)7-5-15)13-23-18(12-22-20(14)23)8-9-19-3-2-10-24-19/h2-7,10-13H,1H3. The molecule has 116 valence electrons. The van der Waals surface area contributed by atoms with Gasteiger partial charge in [0.05, 0.1) is 11.1 Å². The molecule has 24 heavy (non-hydrogen) atoms. The molecule has 0 spiro atoms. The number of nitrogens with zero attached hydrogens (tertiary/aromatic N) is 2. The molecule has 0 saturated carbocycles. The topological polar surface area (TPSA) is 17.3 Å². The minimum Gasteiger partial charge on any atom is -0.292 e. The first-order valence-electron chi connectivity index (χ1n) is 7.50. The van der Waals surface area contributed by atoms with Gasteiger partial charge in [-0.25, -0.2) is 4.98 Å². The Morgan fingerprint density at radius 2 is 1.92 bits per heavy atom. The van der Waals surface area contributed by atoms with Gasteiger partial charge in [-0.3, -0.25) is 4.40 Å². The van der Waals surface area contributed by atoms with Crippen molar-refractivity contribution in [3.8, 4) is 23.0 Å². The fourth-order valence-corrected chi connectivity index (χ4v) is 3.32. The maximum Gasteiger partial charge on any atom is 0.140 e. The van der Waals surface area contributed by atoms with Crippen molar-refractivity contribution >= 4 is 28.6 Å². The van der Waals surface area contributed by atoms with Crippen LogP contribution in [0, 0.1) is 18.8 Å². The smallest absolute Gasteiger partial charge is 0.140 e. The van der Waals surface area contributed by atoms with Gasteiger partial charge >= 0.3 is 0 Å². The molecule has 0 aliphatic heterocycles. The second-order valence-corrected chi connectivity index (χ2v) is 6.87. The molecule has 3 heterocycles. The van der Waals surface area contributed by atoms with Crippen LogP contribution in [0.15, 0.2) is 60.2 Å². The number of pyridine rings is 1. The number of halogens is 1. The molecule has 4 heteroatoms. The second-order valence-electron chi connectivity index (χ2n) is 5.48. The number of thiophene rings is 1. The van der Waals surface area contributed by atoms with Gasteiger partial charge < -0.3 is 0 Å². The highest BCUT2D eigenvalue weighted by Gasteiger charge is 2.07. The lowest BCUT2D eigenvalue weighted by atomic mass is 10.1. The van der Waals surface area contributed by atoms with Crippen molar-refractivity contribution in [3.63, 3.8) is 0 Å². The summed E-state index contributed by atoms with van der Waals surface area (Å²) in [5.74, 6) is 6.42. The van der Waals surface area contributed by atoms with Gasteiger partial charge in [-0.1, -0.05) is 29.8 Å². The monoisotopic (exact) mass is 348 g/mol. The highest BCUT2D eigenvalue weighted by atomic mass is 35.5. The van der Waals surface area contributed by atoms with E-state index < -0.39 is 0 Å². The van der Waals surface area contributed by atoms with E-state index in [2.05, 4.69) is 40.4 Å². The van der Waals surface area contributed by atoms with Gasteiger partial charge in [-0.05, 0) is 65.1 Å². The molecule has 2 nitrogen and oxygen atoms in total. The Morgan fingerprint density at radius 3 is 2.67 bits per heavy atom. The quantitative estimate of drug-likeness (QED) is 0.419. The Balaban J connectivity index is 1.84. The number of rotatable bonds is 1. The summed E-state index contributed by atoms with van der Waals surface area (Å²) in [4.78, 5) is 5.56. The molecular weight excluding hydrogens is 336 g/mol. The van der Waals surface area contributed by atoms with Gasteiger partial charge in [0.1, 0.15) is 11.3 Å². The van der Waals surface area contributed by atoms with Crippen LogP contribution in [0.4, 0.5) is 0 Å². The molecule has 0 radical (unpaired) electrons. The Labute approximate surface area is 149 Å². The van der Waals surface area contributed by atoms with Gasteiger partial charge in [-0.2, -0.15) is 0 Å². The van der Waals surface area contributed by atoms with Crippen LogP contribution in [-0.2, 0) is 0 Å². The summed E-state index contributed by atoms with van der Waals surface area (Å²) in [6.07, 6.45) is 3.91. The fraction of sp³-hybridized carbons (Fsp3) is 0.0500. The molecule has 0 N–H and O–H groups in total. The van der Waals surface area contributed by atoms with Crippen molar-refractivity contribution in [3.05, 3.63) is 81.4 Å². The highest BCUT2D eigenvalue weighted by molar-refractivity contribution is 7.10. The van der Waals surface area contributed by atoms with Crippen LogP contribution in [-0.4, -0.2) is 9.38 Å².